The molecule has 0 aliphatic rings. The number of fused-ring (bicyclic) bond motifs is 2. The third-order valence-electron chi connectivity index (χ3n) is 4.95. The number of aromatic nitrogens is 6. The van der Waals surface area contributed by atoms with E-state index in [0.29, 0.717) is 48.8 Å². The molecule has 12 nitrogen and oxygen atoms in total. The fourth-order valence-corrected chi connectivity index (χ4v) is 3.52. The molecule has 4 heterocycles. The average Bonchev–Trinajstić information content (AvgIpc) is 3.45. The molecule has 0 bridgehead atoms. The summed E-state index contributed by atoms with van der Waals surface area (Å²) < 4.78 is 23.3. The normalized spacial score (nSPS) is 10.8. The van der Waals surface area contributed by atoms with Gasteiger partial charge in [-0.05, 0) is 39.8 Å². The molecule has 0 N–H and O–H groups in total. The van der Waals surface area contributed by atoms with E-state index in [-0.39, 0.29) is 0 Å². The van der Waals surface area contributed by atoms with E-state index in [1.54, 1.807) is 37.1 Å². The molecule has 0 atom stereocenters. The second-order valence-corrected chi connectivity index (χ2v) is 7.67. The predicted octanol–water partition coefficient (Wildman–Crippen LogP) is 2.72. The van der Waals surface area contributed by atoms with Crippen molar-refractivity contribution < 1.29 is 28.5 Å². The Kier molecular flexibility index (Phi) is 9.03. The van der Waals surface area contributed by atoms with Gasteiger partial charge in [-0.25, -0.2) is 28.6 Å². The van der Waals surface area contributed by atoms with Crippen LogP contribution in [0.1, 0.15) is 57.3 Å². The van der Waals surface area contributed by atoms with Crippen molar-refractivity contribution in [2.45, 2.75) is 40.9 Å². The highest BCUT2D eigenvalue weighted by Crippen LogP contribution is 2.15. The van der Waals surface area contributed by atoms with Crippen molar-refractivity contribution in [1.82, 2.24) is 29.2 Å². The maximum absolute atomic E-state index is 11.8. The van der Waals surface area contributed by atoms with Crippen LogP contribution < -0.4 is 0 Å². The van der Waals surface area contributed by atoms with Gasteiger partial charge < -0.3 is 18.9 Å². The highest BCUT2D eigenvalue weighted by Gasteiger charge is 2.18. The minimum atomic E-state index is -0.408. The van der Waals surface area contributed by atoms with Crippen molar-refractivity contribution in [3.05, 3.63) is 58.4 Å². The maximum Gasteiger partial charge on any atom is 0.343 e. The van der Waals surface area contributed by atoms with Gasteiger partial charge >= 0.3 is 11.9 Å². The molecular formula is C24H30N6O6. The van der Waals surface area contributed by atoms with Gasteiger partial charge in [0.25, 0.3) is 0 Å². The van der Waals surface area contributed by atoms with Crippen LogP contribution in [-0.4, -0.2) is 68.6 Å². The van der Waals surface area contributed by atoms with E-state index in [4.69, 9.17) is 18.9 Å². The Morgan fingerprint density at radius 1 is 0.806 bits per heavy atom. The number of aryl methyl sites for hydroxylation is 2. The zero-order valence-corrected chi connectivity index (χ0v) is 21.3. The molecule has 0 aliphatic carbocycles. The number of hydrogen-bond acceptors (Lipinski definition) is 10. The molecule has 0 fully saturated rings. The molecule has 36 heavy (non-hydrogen) atoms. The van der Waals surface area contributed by atoms with Crippen LogP contribution in [0, 0.1) is 13.8 Å². The molecular weight excluding hydrogens is 468 g/mol. The highest BCUT2D eigenvalue weighted by atomic mass is 16.5. The number of hydrogen-bond donors (Lipinski definition) is 0. The first kappa shape index (κ1) is 26.7. The van der Waals surface area contributed by atoms with Crippen molar-refractivity contribution in [3.8, 4) is 0 Å². The lowest BCUT2D eigenvalue weighted by Gasteiger charge is -2.05. The zero-order valence-electron chi connectivity index (χ0n) is 21.3. The monoisotopic (exact) mass is 498 g/mol. The first-order valence-corrected chi connectivity index (χ1v) is 11.3. The Labute approximate surface area is 208 Å². The van der Waals surface area contributed by atoms with Gasteiger partial charge in [-0.3, -0.25) is 0 Å². The molecule has 0 saturated carbocycles. The lowest BCUT2D eigenvalue weighted by atomic mass is 10.3. The topological polar surface area (TPSA) is 131 Å². The van der Waals surface area contributed by atoms with Crippen LogP contribution in [0.4, 0.5) is 0 Å². The Balaban J connectivity index is 0.000000201. The van der Waals surface area contributed by atoms with Crippen LogP contribution >= 0.6 is 0 Å². The van der Waals surface area contributed by atoms with E-state index in [2.05, 4.69) is 20.2 Å². The second-order valence-electron chi connectivity index (χ2n) is 7.67. The molecule has 0 aromatic carbocycles. The summed E-state index contributed by atoms with van der Waals surface area (Å²) in [6, 6.07) is 3.75. The molecule has 12 heteroatoms. The van der Waals surface area contributed by atoms with Gasteiger partial charge in [-0.15, -0.1) is 0 Å². The summed E-state index contributed by atoms with van der Waals surface area (Å²) >= 11 is 0. The summed E-state index contributed by atoms with van der Waals surface area (Å²) in [5.41, 5.74) is 5.05. The van der Waals surface area contributed by atoms with Crippen LogP contribution in [0.15, 0.2) is 24.5 Å². The standard InChI is InChI=1S/2C12H15N3O3/c1-4-18-12(16)10-6-13-15-8(2)5-9(7-17-3)14-11(10)15;1-4-18-12(16)10-6-13-15-9(7-17-3)5-8(2)14-11(10)15/h2*5-6H,4,7H2,1-3H3. The highest BCUT2D eigenvalue weighted by molar-refractivity contribution is 5.96. The van der Waals surface area contributed by atoms with Crippen LogP contribution in [0.25, 0.3) is 11.3 Å². The number of nitrogens with zero attached hydrogens (tertiary/aromatic N) is 6. The van der Waals surface area contributed by atoms with Crippen molar-refractivity contribution in [1.29, 1.82) is 0 Å². The van der Waals surface area contributed by atoms with Crippen LogP contribution in [-0.2, 0) is 32.2 Å². The second kappa shape index (κ2) is 12.2. The molecule has 0 radical (unpaired) electrons. The van der Waals surface area contributed by atoms with Gasteiger partial charge in [0, 0.05) is 25.6 Å². The number of ether oxygens (including phenoxy) is 4. The fraction of sp³-hybridized carbons (Fsp3) is 0.417. The molecule has 0 unspecified atom stereocenters. The lowest BCUT2D eigenvalue weighted by molar-refractivity contribution is 0.0518. The molecule has 0 amide bonds. The minimum Gasteiger partial charge on any atom is -0.462 e. The third kappa shape index (κ3) is 5.83. The maximum atomic E-state index is 11.8. The molecule has 4 aromatic rings. The molecule has 0 spiro atoms. The Morgan fingerprint density at radius 2 is 1.36 bits per heavy atom. The quantitative estimate of drug-likeness (QED) is 0.334. The van der Waals surface area contributed by atoms with Crippen molar-refractivity contribution in [2.24, 2.45) is 0 Å². The minimum absolute atomic E-state index is 0.326. The van der Waals surface area contributed by atoms with Gasteiger partial charge in [0.1, 0.15) is 11.1 Å². The SMILES string of the molecule is CCOC(=O)c1cnn2c(C)cc(COC)nc12.CCOC(=O)c1cnn2c(COC)cc(C)nc12. The molecule has 4 aromatic heterocycles. The van der Waals surface area contributed by atoms with E-state index in [1.807, 2.05) is 26.0 Å². The first-order chi connectivity index (χ1) is 17.3. The van der Waals surface area contributed by atoms with Crippen molar-refractivity contribution in [2.75, 3.05) is 27.4 Å². The van der Waals surface area contributed by atoms with E-state index < -0.39 is 11.9 Å². The summed E-state index contributed by atoms with van der Waals surface area (Å²) in [6.45, 7) is 8.74. The van der Waals surface area contributed by atoms with E-state index in [9.17, 15) is 9.59 Å². The largest absolute Gasteiger partial charge is 0.462 e. The van der Waals surface area contributed by atoms with Crippen molar-refractivity contribution >= 4 is 23.2 Å². The van der Waals surface area contributed by atoms with E-state index in [1.165, 1.54) is 12.4 Å². The molecule has 4 rings (SSSR count). The van der Waals surface area contributed by atoms with Crippen LogP contribution in [0.3, 0.4) is 0 Å². The van der Waals surface area contributed by atoms with Gasteiger partial charge in [0.05, 0.1) is 50.2 Å². The van der Waals surface area contributed by atoms with Gasteiger partial charge in [-0.1, -0.05) is 0 Å². The smallest absolute Gasteiger partial charge is 0.343 e. The van der Waals surface area contributed by atoms with E-state index in [0.717, 1.165) is 22.8 Å². The predicted molar refractivity (Wildman–Crippen MR) is 129 cm³/mol. The number of rotatable bonds is 8. The zero-order chi connectivity index (χ0) is 26.2. The Morgan fingerprint density at radius 3 is 1.92 bits per heavy atom. The summed E-state index contributed by atoms with van der Waals surface area (Å²) in [5.74, 6) is -0.817. The first-order valence-electron chi connectivity index (χ1n) is 11.3. The Hall–Kier alpha value is -3.90. The summed E-state index contributed by atoms with van der Waals surface area (Å²) in [4.78, 5) is 32.2. The fourth-order valence-electron chi connectivity index (χ4n) is 3.52. The summed E-state index contributed by atoms with van der Waals surface area (Å²) in [5, 5.41) is 8.29. The third-order valence-corrected chi connectivity index (χ3v) is 4.95. The summed E-state index contributed by atoms with van der Waals surface area (Å²) in [6.07, 6.45) is 2.95. The molecule has 192 valence electrons. The number of esters is 2. The van der Waals surface area contributed by atoms with Crippen LogP contribution in [0.2, 0.25) is 0 Å². The Bertz CT molecular complexity index is 1340. The van der Waals surface area contributed by atoms with Gasteiger partial charge in [0.2, 0.25) is 0 Å². The van der Waals surface area contributed by atoms with E-state index >= 15 is 0 Å². The van der Waals surface area contributed by atoms with Gasteiger partial charge in [-0.2, -0.15) is 10.2 Å². The molecule has 0 saturated heterocycles. The molecule has 0 aliphatic heterocycles. The van der Waals surface area contributed by atoms with Crippen molar-refractivity contribution in [3.63, 3.8) is 0 Å². The van der Waals surface area contributed by atoms with Gasteiger partial charge in [0.15, 0.2) is 11.3 Å². The average molecular weight is 499 g/mol. The lowest BCUT2D eigenvalue weighted by Crippen LogP contribution is -2.07. The number of methoxy groups -OCH3 is 2. The summed E-state index contributed by atoms with van der Waals surface area (Å²) in [7, 11) is 3.21. The number of carbonyl (C=O) groups excluding carboxylic acids is 2. The number of carbonyl (C=O) groups is 2. The van der Waals surface area contributed by atoms with Crippen LogP contribution in [0.5, 0.6) is 0 Å².